The van der Waals surface area contributed by atoms with Crippen molar-refractivity contribution >= 4 is 47.8 Å². The summed E-state index contributed by atoms with van der Waals surface area (Å²) >= 11 is 7.98. The third kappa shape index (κ3) is 4.27. The minimum atomic E-state index is 0. The molecule has 1 aromatic rings. The van der Waals surface area contributed by atoms with Crippen molar-refractivity contribution in [2.45, 2.75) is 19.4 Å². The fraction of sp³-hybridized carbons (Fsp3) is 0.636. The van der Waals surface area contributed by atoms with E-state index in [-0.39, 0.29) is 24.8 Å². The number of rotatable bonds is 3. The van der Waals surface area contributed by atoms with Gasteiger partial charge in [-0.25, -0.2) is 0 Å². The average molecular weight is 318 g/mol. The molecular formula is C11H19Cl3N2S. The average Bonchev–Trinajstić information content (AvgIpc) is 2.68. The maximum absolute atomic E-state index is 6.20. The van der Waals surface area contributed by atoms with Crippen LogP contribution in [0, 0.1) is 0 Å². The second kappa shape index (κ2) is 8.57. The van der Waals surface area contributed by atoms with Crippen molar-refractivity contribution in [3.05, 3.63) is 21.3 Å². The lowest BCUT2D eigenvalue weighted by Gasteiger charge is -2.34. The Kier molecular flexibility index (Phi) is 8.81. The molecule has 0 unspecified atom stereocenters. The Morgan fingerprint density at radius 2 is 2.06 bits per heavy atom. The Hall–Kier alpha value is 0.490. The largest absolute Gasteiger partial charge is 0.314 e. The molecular weight excluding hydrogens is 299 g/mol. The molecule has 17 heavy (non-hydrogen) atoms. The van der Waals surface area contributed by atoms with Crippen LogP contribution in [0.1, 0.15) is 24.3 Å². The van der Waals surface area contributed by atoms with Gasteiger partial charge in [-0.1, -0.05) is 18.5 Å². The van der Waals surface area contributed by atoms with Gasteiger partial charge in [0, 0.05) is 37.1 Å². The first kappa shape index (κ1) is 17.5. The van der Waals surface area contributed by atoms with Crippen LogP contribution >= 0.6 is 47.8 Å². The summed E-state index contributed by atoms with van der Waals surface area (Å²) in [6.07, 6.45) is 1.14. The predicted molar refractivity (Wildman–Crippen MR) is 81.3 cm³/mol. The molecule has 1 aliphatic rings. The van der Waals surface area contributed by atoms with Gasteiger partial charge in [-0.05, 0) is 17.9 Å². The first-order valence-electron chi connectivity index (χ1n) is 5.50. The van der Waals surface area contributed by atoms with E-state index in [4.69, 9.17) is 11.6 Å². The molecule has 1 saturated heterocycles. The van der Waals surface area contributed by atoms with E-state index in [0.29, 0.717) is 6.04 Å². The number of thiophene rings is 1. The molecule has 2 nitrogen and oxygen atoms in total. The summed E-state index contributed by atoms with van der Waals surface area (Å²) in [6.45, 7) is 6.70. The second-order valence-corrected chi connectivity index (χ2v) is 5.20. The van der Waals surface area contributed by atoms with Crippen LogP contribution in [0.2, 0.25) is 5.02 Å². The molecule has 6 heteroatoms. The molecule has 1 aromatic heterocycles. The van der Waals surface area contributed by atoms with Gasteiger partial charge in [0.2, 0.25) is 0 Å². The monoisotopic (exact) mass is 316 g/mol. The van der Waals surface area contributed by atoms with Gasteiger partial charge >= 0.3 is 0 Å². The van der Waals surface area contributed by atoms with Gasteiger partial charge in [0.05, 0.1) is 5.02 Å². The van der Waals surface area contributed by atoms with E-state index >= 15 is 0 Å². The summed E-state index contributed by atoms with van der Waals surface area (Å²) in [4.78, 5) is 3.87. The first-order chi connectivity index (χ1) is 7.33. The SMILES string of the molecule is CC[C@H](c1sccc1Cl)N1CCNCC1.Cl.Cl. The lowest BCUT2D eigenvalue weighted by Crippen LogP contribution is -2.44. The standard InChI is InChI=1S/C11H17ClN2S.2ClH/c1-2-10(11-9(12)3-8-15-11)14-6-4-13-5-7-14;;/h3,8,10,13H,2,4-7H2,1H3;2*1H/t10-;;/m1../s1. The van der Waals surface area contributed by atoms with E-state index in [0.717, 1.165) is 37.6 Å². The normalized spacial score (nSPS) is 18.0. The molecule has 0 radical (unpaired) electrons. The summed E-state index contributed by atoms with van der Waals surface area (Å²) in [6, 6.07) is 2.52. The van der Waals surface area contributed by atoms with E-state index in [1.54, 1.807) is 11.3 Å². The topological polar surface area (TPSA) is 15.3 Å². The van der Waals surface area contributed by atoms with Crippen LogP contribution in [0.5, 0.6) is 0 Å². The summed E-state index contributed by atoms with van der Waals surface area (Å²) < 4.78 is 0. The quantitative estimate of drug-likeness (QED) is 0.916. The van der Waals surface area contributed by atoms with Gasteiger partial charge in [-0.3, -0.25) is 4.90 Å². The molecule has 0 bridgehead atoms. The number of nitrogens with one attached hydrogen (secondary N) is 1. The number of halogens is 3. The van der Waals surface area contributed by atoms with Crippen LogP contribution in [0.4, 0.5) is 0 Å². The molecule has 1 fully saturated rings. The van der Waals surface area contributed by atoms with E-state index in [1.165, 1.54) is 4.88 Å². The van der Waals surface area contributed by atoms with Gasteiger partial charge in [-0.2, -0.15) is 0 Å². The minimum absolute atomic E-state index is 0. The van der Waals surface area contributed by atoms with Crippen molar-refractivity contribution in [1.82, 2.24) is 10.2 Å². The zero-order valence-corrected chi connectivity index (χ0v) is 13.0. The van der Waals surface area contributed by atoms with Gasteiger partial charge in [0.25, 0.3) is 0 Å². The second-order valence-electron chi connectivity index (χ2n) is 3.84. The smallest absolute Gasteiger partial charge is 0.0561 e. The highest BCUT2D eigenvalue weighted by atomic mass is 35.5. The Bertz CT molecular complexity index is 313. The molecule has 1 aliphatic heterocycles. The Labute approximate surface area is 125 Å². The number of nitrogens with zero attached hydrogens (tertiary/aromatic N) is 1. The van der Waals surface area contributed by atoms with Crippen molar-refractivity contribution in [3.8, 4) is 0 Å². The molecule has 0 aromatic carbocycles. The summed E-state index contributed by atoms with van der Waals surface area (Å²) in [5.41, 5.74) is 0. The van der Waals surface area contributed by atoms with E-state index in [9.17, 15) is 0 Å². The maximum atomic E-state index is 6.20. The highest BCUT2D eigenvalue weighted by molar-refractivity contribution is 7.10. The van der Waals surface area contributed by atoms with E-state index in [1.807, 2.05) is 6.07 Å². The summed E-state index contributed by atoms with van der Waals surface area (Å²) in [7, 11) is 0. The molecule has 1 N–H and O–H groups in total. The zero-order chi connectivity index (χ0) is 10.7. The van der Waals surface area contributed by atoms with Crippen molar-refractivity contribution in [2.75, 3.05) is 26.2 Å². The summed E-state index contributed by atoms with van der Waals surface area (Å²) in [5, 5.41) is 6.40. The van der Waals surface area contributed by atoms with Gasteiger partial charge < -0.3 is 5.32 Å². The highest BCUT2D eigenvalue weighted by Crippen LogP contribution is 2.34. The van der Waals surface area contributed by atoms with E-state index < -0.39 is 0 Å². The van der Waals surface area contributed by atoms with Crippen molar-refractivity contribution in [3.63, 3.8) is 0 Å². The first-order valence-corrected chi connectivity index (χ1v) is 6.76. The predicted octanol–water partition coefficient (Wildman–Crippen LogP) is 3.60. The van der Waals surface area contributed by atoms with Crippen LogP contribution in [-0.2, 0) is 0 Å². The minimum Gasteiger partial charge on any atom is -0.314 e. The van der Waals surface area contributed by atoms with Crippen LogP contribution in [-0.4, -0.2) is 31.1 Å². The third-order valence-electron chi connectivity index (χ3n) is 2.93. The Balaban J connectivity index is 0.00000128. The summed E-state index contributed by atoms with van der Waals surface area (Å²) in [5.74, 6) is 0. The Morgan fingerprint density at radius 3 is 2.53 bits per heavy atom. The van der Waals surface area contributed by atoms with Crippen molar-refractivity contribution in [1.29, 1.82) is 0 Å². The number of piperazine rings is 1. The molecule has 0 spiro atoms. The van der Waals surface area contributed by atoms with E-state index in [2.05, 4.69) is 22.5 Å². The van der Waals surface area contributed by atoms with Gasteiger partial charge in [-0.15, -0.1) is 36.2 Å². The molecule has 0 saturated carbocycles. The zero-order valence-electron chi connectivity index (χ0n) is 9.82. The molecule has 1 atom stereocenters. The number of hydrogen-bond acceptors (Lipinski definition) is 3. The lowest BCUT2D eigenvalue weighted by atomic mass is 10.1. The molecule has 100 valence electrons. The fourth-order valence-corrected chi connectivity index (χ4v) is 3.55. The van der Waals surface area contributed by atoms with Crippen molar-refractivity contribution < 1.29 is 0 Å². The van der Waals surface area contributed by atoms with Crippen LogP contribution in [0.25, 0.3) is 0 Å². The van der Waals surface area contributed by atoms with Crippen LogP contribution < -0.4 is 5.32 Å². The van der Waals surface area contributed by atoms with Crippen LogP contribution in [0.15, 0.2) is 11.4 Å². The van der Waals surface area contributed by atoms with Crippen molar-refractivity contribution in [2.24, 2.45) is 0 Å². The van der Waals surface area contributed by atoms with Gasteiger partial charge in [0.15, 0.2) is 0 Å². The third-order valence-corrected chi connectivity index (χ3v) is 4.39. The molecule has 0 amide bonds. The fourth-order valence-electron chi connectivity index (χ4n) is 2.15. The number of hydrogen-bond donors (Lipinski definition) is 1. The highest BCUT2D eigenvalue weighted by Gasteiger charge is 2.23. The molecule has 2 rings (SSSR count). The van der Waals surface area contributed by atoms with Crippen LogP contribution in [0.3, 0.4) is 0 Å². The van der Waals surface area contributed by atoms with Gasteiger partial charge in [0.1, 0.15) is 0 Å². The lowest BCUT2D eigenvalue weighted by molar-refractivity contribution is 0.172. The molecule has 2 heterocycles. The Morgan fingerprint density at radius 1 is 1.41 bits per heavy atom. The maximum Gasteiger partial charge on any atom is 0.0561 e. The molecule has 0 aliphatic carbocycles.